The molecule has 0 saturated carbocycles. The third-order valence-electron chi connectivity index (χ3n) is 6.55. The number of nitrogens with zero attached hydrogens (tertiary/aromatic N) is 4. The largest absolute Gasteiger partial charge is 0.457 e. The summed E-state index contributed by atoms with van der Waals surface area (Å²) < 4.78 is 20.3. The highest BCUT2D eigenvalue weighted by molar-refractivity contribution is 5.97. The second-order valence-corrected chi connectivity index (χ2v) is 9.44. The highest BCUT2D eigenvalue weighted by Crippen LogP contribution is 2.27. The van der Waals surface area contributed by atoms with Crippen LogP contribution >= 0.6 is 0 Å². The van der Waals surface area contributed by atoms with Gasteiger partial charge in [0.25, 0.3) is 0 Å². The van der Waals surface area contributed by atoms with E-state index in [-0.39, 0.29) is 30.1 Å². The first-order chi connectivity index (χ1) is 19.0. The van der Waals surface area contributed by atoms with Gasteiger partial charge in [-0.25, -0.2) is 14.1 Å². The Morgan fingerprint density at radius 3 is 2.38 bits per heavy atom. The van der Waals surface area contributed by atoms with Gasteiger partial charge in [0.05, 0.1) is 0 Å². The van der Waals surface area contributed by atoms with Crippen molar-refractivity contribution in [3.63, 3.8) is 0 Å². The van der Waals surface area contributed by atoms with E-state index >= 15 is 0 Å². The van der Waals surface area contributed by atoms with Gasteiger partial charge in [-0.15, -0.1) is 0 Å². The topological polar surface area (TPSA) is 101 Å². The molecule has 1 saturated heterocycles. The van der Waals surface area contributed by atoms with Crippen LogP contribution in [0.4, 0.5) is 10.1 Å². The van der Waals surface area contributed by atoms with Gasteiger partial charge in [0.15, 0.2) is 0 Å². The highest BCUT2D eigenvalue weighted by atomic mass is 19.1. The molecule has 5 rings (SSSR count). The van der Waals surface area contributed by atoms with E-state index in [1.54, 1.807) is 41.3 Å². The summed E-state index contributed by atoms with van der Waals surface area (Å²) in [6, 6.07) is 22.1. The maximum absolute atomic E-state index is 13.4. The molecule has 1 aliphatic rings. The zero-order chi connectivity index (χ0) is 27.0. The monoisotopic (exact) mass is 528 g/mol. The van der Waals surface area contributed by atoms with Crippen LogP contribution in [-0.2, 0) is 22.7 Å². The van der Waals surface area contributed by atoms with Crippen LogP contribution < -0.4 is 15.4 Å². The van der Waals surface area contributed by atoms with E-state index in [9.17, 15) is 14.0 Å². The lowest BCUT2D eigenvalue weighted by molar-refractivity contribution is -0.137. The molecule has 200 valence electrons. The van der Waals surface area contributed by atoms with Crippen molar-refractivity contribution >= 4 is 17.5 Å². The van der Waals surface area contributed by atoms with Gasteiger partial charge in [0.1, 0.15) is 42.6 Å². The molecule has 2 atom stereocenters. The van der Waals surface area contributed by atoms with Crippen LogP contribution in [0.1, 0.15) is 12.0 Å². The van der Waals surface area contributed by atoms with Crippen molar-refractivity contribution < 1.29 is 18.7 Å². The molecule has 0 spiro atoms. The molecule has 2 unspecified atom stereocenters. The maximum Gasteiger partial charge on any atom is 0.247 e. The second-order valence-electron chi connectivity index (χ2n) is 9.44. The fraction of sp³-hybridized carbons (Fsp3) is 0.241. The number of ether oxygens (including phenoxy) is 1. The molecular weight excluding hydrogens is 499 g/mol. The molecule has 2 heterocycles. The molecule has 0 radical (unpaired) electrons. The van der Waals surface area contributed by atoms with Crippen LogP contribution in [0, 0.1) is 11.7 Å². The molecule has 1 aliphatic heterocycles. The SMILES string of the molecule is O=C(Nc1ccc(Oc2ccc(F)cc2)cc1)C1CC(CNCc2ccccc2)CN1C(=O)Cn1cncn1. The summed E-state index contributed by atoms with van der Waals surface area (Å²) in [5, 5.41) is 10.4. The maximum atomic E-state index is 13.4. The van der Waals surface area contributed by atoms with E-state index in [4.69, 9.17) is 4.74 Å². The fourth-order valence-corrected chi connectivity index (χ4v) is 4.63. The Hall–Kier alpha value is -4.57. The second kappa shape index (κ2) is 12.3. The zero-order valence-corrected chi connectivity index (χ0v) is 21.2. The number of hydrogen-bond acceptors (Lipinski definition) is 6. The van der Waals surface area contributed by atoms with Gasteiger partial charge in [0, 0.05) is 25.3 Å². The summed E-state index contributed by atoms with van der Waals surface area (Å²) in [5.74, 6) is 0.405. The third-order valence-corrected chi connectivity index (χ3v) is 6.55. The van der Waals surface area contributed by atoms with Crippen molar-refractivity contribution in [2.45, 2.75) is 25.6 Å². The van der Waals surface area contributed by atoms with E-state index in [0.717, 1.165) is 0 Å². The van der Waals surface area contributed by atoms with Crippen molar-refractivity contribution in [1.82, 2.24) is 25.0 Å². The average Bonchev–Trinajstić information content (AvgIpc) is 3.62. The van der Waals surface area contributed by atoms with Gasteiger partial charge >= 0.3 is 0 Å². The first-order valence-corrected chi connectivity index (χ1v) is 12.7. The first kappa shape index (κ1) is 26.1. The lowest BCUT2D eigenvalue weighted by Crippen LogP contribution is -2.44. The summed E-state index contributed by atoms with van der Waals surface area (Å²) in [4.78, 5) is 32.0. The molecule has 3 aromatic carbocycles. The Balaban J connectivity index is 1.21. The number of benzene rings is 3. The molecule has 2 amide bonds. The average molecular weight is 529 g/mol. The van der Waals surface area contributed by atoms with Crippen LogP contribution in [0.2, 0.25) is 0 Å². The number of rotatable bonds is 10. The molecule has 9 nitrogen and oxygen atoms in total. The van der Waals surface area contributed by atoms with Crippen molar-refractivity contribution in [3.8, 4) is 11.5 Å². The van der Waals surface area contributed by atoms with E-state index in [0.29, 0.717) is 43.2 Å². The molecular formula is C29H29FN6O3. The lowest BCUT2D eigenvalue weighted by atomic mass is 10.0. The van der Waals surface area contributed by atoms with E-state index < -0.39 is 6.04 Å². The summed E-state index contributed by atoms with van der Waals surface area (Å²) >= 11 is 0. The number of carbonyl (C=O) groups is 2. The van der Waals surface area contributed by atoms with E-state index in [1.807, 2.05) is 18.2 Å². The van der Waals surface area contributed by atoms with Gasteiger partial charge in [-0.3, -0.25) is 9.59 Å². The summed E-state index contributed by atoms with van der Waals surface area (Å²) in [6.07, 6.45) is 3.40. The Labute approximate surface area is 225 Å². The van der Waals surface area contributed by atoms with Gasteiger partial charge in [0.2, 0.25) is 11.8 Å². The quantitative estimate of drug-likeness (QED) is 0.324. The molecule has 1 fully saturated rings. The van der Waals surface area contributed by atoms with Crippen LogP contribution in [-0.4, -0.2) is 50.6 Å². The van der Waals surface area contributed by atoms with Crippen LogP contribution in [0.5, 0.6) is 11.5 Å². The highest BCUT2D eigenvalue weighted by Gasteiger charge is 2.39. The predicted octanol–water partition coefficient (Wildman–Crippen LogP) is 3.86. The molecule has 39 heavy (non-hydrogen) atoms. The van der Waals surface area contributed by atoms with Crippen molar-refractivity contribution in [2.24, 2.45) is 5.92 Å². The first-order valence-electron chi connectivity index (χ1n) is 12.7. The number of likely N-dealkylation sites (tertiary alicyclic amines) is 1. The molecule has 0 bridgehead atoms. The van der Waals surface area contributed by atoms with Gasteiger partial charge in [-0.2, -0.15) is 5.10 Å². The standard InChI is InChI=1S/C29H29FN6O3/c30-23-6-10-25(11-7-23)39-26-12-8-24(9-13-26)34-29(38)27-14-22(16-31-15-21-4-2-1-3-5-21)17-36(27)28(37)18-35-20-32-19-33-35/h1-13,19-20,22,27,31H,14-18H2,(H,34,38). The van der Waals surface area contributed by atoms with Gasteiger partial charge in [-0.05, 0) is 66.4 Å². The van der Waals surface area contributed by atoms with E-state index in [2.05, 4.69) is 32.8 Å². The smallest absolute Gasteiger partial charge is 0.247 e. The summed E-state index contributed by atoms with van der Waals surface area (Å²) in [7, 11) is 0. The van der Waals surface area contributed by atoms with Gasteiger partial charge < -0.3 is 20.3 Å². The number of aromatic nitrogens is 3. The number of anilines is 1. The minimum absolute atomic E-state index is 0.0172. The molecule has 10 heteroatoms. The Morgan fingerprint density at radius 2 is 1.69 bits per heavy atom. The Morgan fingerprint density at radius 1 is 0.974 bits per heavy atom. The summed E-state index contributed by atoms with van der Waals surface area (Å²) in [5.41, 5.74) is 1.76. The number of nitrogens with one attached hydrogen (secondary N) is 2. The minimum Gasteiger partial charge on any atom is -0.457 e. The van der Waals surface area contributed by atoms with Crippen LogP contribution in [0.15, 0.2) is 91.5 Å². The number of halogens is 1. The Bertz CT molecular complexity index is 1360. The normalized spacial score (nSPS) is 16.7. The zero-order valence-electron chi connectivity index (χ0n) is 21.2. The molecule has 2 N–H and O–H groups in total. The Kier molecular flexibility index (Phi) is 8.23. The lowest BCUT2D eigenvalue weighted by Gasteiger charge is -2.24. The fourth-order valence-electron chi connectivity index (χ4n) is 4.63. The van der Waals surface area contributed by atoms with E-state index in [1.165, 1.54) is 35.0 Å². The predicted molar refractivity (Wildman–Crippen MR) is 143 cm³/mol. The van der Waals surface area contributed by atoms with Crippen molar-refractivity contribution in [1.29, 1.82) is 0 Å². The number of amides is 2. The molecule has 0 aliphatic carbocycles. The number of carbonyl (C=O) groups excluding carboxylic acids is 2. The van der Waals surface area contributed by atoms with Crippen molar-refractivity contribution in [2.75, 3.05) is 18.4 Å². The molecule has 1 aromatic heterocycles. The third kappa shape index (κ3) is 7.05. The van der Waals surface area contributed by atoms with Gasteiger partial charge in [-0.1, -0.05) is 30.3 Å². The minimum atomic E-state index is -0.611. The summed E-state index contributed by atoms with van der Waals surface area (Å²) in [6.45, 7) is 1.88. The van der Waals surface area contributed by atoms with Crippen molar-refractivity contribution in [3.05, 3.63) is 103 Å². The molecule has 4 aromatic rings. The van der Waals surface area contributed by atoms with Crippen LogP contribution in [0.3, 0.4) is 0 Å². The number of hydrogen-bond donors (Lipinski definition) is 2. The van der Waals surface area contributed by atoms with Crippen LogP contribution in [0.25, 0.3) is 0 Å².